The normalized spacial score (nSPS) is 13.8. The number of rotatable bonds is 3. The van der Waals surface area contributed by atoms with E-state index in [9.17, 15) is 26.3 Å². The van der Waals surface area contributed by atoms with Gasteiger partial charge in [-0.1, -0.05) is 0 Å². The zero-order valence-electron chi connectivity index (χ0n) is 8.49. The first-order valence-corrected chi connectivity index (χ1v) is 4.68. The Morgan fingerprint density at radius 2 is 1.59 bits per heavy atom. The summed E-state index contributed by atoms with van der Waals surface area (Å²) in [6.07, 6.45) is -6.47. The predicted octanol–water partition coefficient (Wildman–Crippen LogP) is 3.45. The Kier molecular flexibility index (Phi) is 4.03. The van der Waals surface area contributed by atoms with E-state index < -0.39 is 48.1 Å². The van der Waals surface area contributed by atoms with E-state index in [1.54, 1.807) is 0 Å². The average molecular weight is 257 g/mol. The molecule has 0 radical (unpaired) electrons. The maximum absolute atomic E-state index is 13.2. The van der Waals surface area contributed by atoms with E-state index in [2.05, 4.69) is 0 Å². The molecular formula is C10H9F6N. The molecule has 0 aliphatic heterocycles. The standard InChI is InChI=1S/C10H9F6N/c11-5-1-2-6(12)9(13)8(5)7(17)3-4-10(14,15)16/h1-2,7H,3-4,17H2/t7-/m1/s1. The zero-order chi connectivity index (χ0) is 13.2. The van der Waals surface area contributed by atoms with Gasteiger partial charge in [-0.3, -0.25) is 0 Å². The lowest BCUT2D eigenvalue weighted by molar-refractivity contribution is -0.136. The Morgan fingerprint density at radius 1 is 1.06 bits per heavy atom. The van der Waals surface area contributed by atoms with Gasteiger partial charge in [0.05, 0.1) is 0 Å². The second kappa shape index (κ2) is 4.95. The molecule has 0 aliphatic carbocycles. The minimum absolute atomic E-state index is 0.546. The monoisotopic (exact) mass is 257 g/mol. The number of hydrogen-bond donors (Lipinski definition) is 1. The van der Waals surface area contributed by atoms with Gasteiger partial charge < -0.3 is 5.73 Å². The van der Waals surface area contributed by atoms with Crippen LogP contribution in [0, 0.1) is 17.5 Å². The maximum atomic E-state index is 13.2. The van der Waals surface area contributed by atoms with Crippen molar-refractivity contribution in [3.63, 3.8) is 0 Å². The van der Waals surface area contributed by atoms with Gasteiger partial charge in [-0.05, 0) is 18.6 Å². The van der Waals surface area contributed by atoms with Gasteiger partial charge in [0.15, 0.2) is 11.6 Å². The van der Waals surface area contributed by atoms with E-state index in [0.29, 0.717) is 12.1 Å². The highest BCUT2D eigenvalue weighted by Crippen LogP contribution is 2.29. The van der Waals surface area contributed by atoms with Gasteiger partial charge >= 0.3 is 6.18 Å². The summed E-state index contributed by atoms with van der Waals surface area (Å²) in [6.45, 7) is 0. The molecule has 0 fully saturated rings. The Hall–Kier alpha value is -1.24. The van der Waals surface area contributed by atoms with E-state index in [1.165, 1.54) is 0 Å². The fourth-order valence-corrected chi connectivity index (χ4v) is 1.35. The van der Waals surface area contributed by atoms with Crippen molar-refractivity contribution >= 4 is 0 Å². The molecule has 0 aromatic heterocycles. The van der Waals surface area contributed by atoms with Crippen molar-refractivity contribution in [2.75, 3.05) is 0 Å². The molecule has 0 saturated carbocycles. The van der Waals surface area contributed by atoms with Crippen molar-refractivity contribution < 1.29 is 26.3 Å². The Balaban J connectivity index is 2.89. The summed E-state index contributed by atoms with van der Waals surface area (Å²) < 4.78 is 74.7. The minimum Gasteiger partial charge on any atom is -0.324 e. The average Bonchev–Trinajstić information content (AvgIpc) is 2.20. The molecule has 1 atom stereocenters. The molecule has 1 nitrogen and oxygen atoms in total. The highest BCUT2D eigenvalue weighted by molar-refractivity contribution is 5.24. The number of benzene rings is 1. The summed E-state index contributed by atoms with van der Waals surface area (Å²) in [6, 6.07) is -0.362. The number of alkyl halides is 3. The summed E-state index contributed by atoms with van der Waals surface area (Å²) >= 11 is 0. The second-order valence-electron chi connectivity index (χ2n) is 3.52. The Bertz CT molecular complexity index is 401. The molecule has 0 bridgehead atoms. The molecule has 0 saturated heterocycles. The second-order valence-corrected chi connectivity index (χ2v) is 3.52. The summed E-state index contributed by atoms with van der Waals surface area (Å²) in [5.41, 5.74) is 4.37. The zero-order valence-corrected chi connectivity index (χ0v) is 8.49. The van der Waals surface area contributed by atoms with Crippen molar-refractivity contribution in [3.8, 4) is 0 Å². The molecule has 1 aromatic rings. The quantitative estimate of drug-likeness (QED) is 0.651. The fraction of sp³-hybridized carbons (Fsp3) is 0.400. The van der Waals surface area contributed by atoms with Crippen LogP contribution in [-0.2, 0) is 0 Å². The fourth-order valence-electron chi connectivity index (χ4n) is 1.35. The third kappa shape index (κ3) is 3.62. The maximum Gasteiger partial charge on any atom is 0.389 e. The largest absolute Gasteiger partial charge is 0.389 e. The molecule has 2 N–H and O–H groups in total. The Labute approximate surface area is 93.2 Å². The number of hydrogen-bond acceptors (Lipinski definition) is 1. The lowest BCUT2D eigenvalue weighted by atomic mass is 10.0. The predicted molar refractivity (Wildman–Crippen MR) is 48.5 cm³/mol. The highest BCUT2D eigenvalue weighted by Gasteiger charge is 2.29. The van der Waals surface area contributed by atoms with Crippen LogP contribution in [0.1, 0.15) is 24.4 Å². The lowest BCUT2D eigenvalue weighted by Gasteiger charge is -2.15. The first kappa shape index (κ1) is 13.8. The van der Waals surface area contributed by atoms with Crippen LogP contribution in [0.25, 0.3) is 0 Å². The molecule has 0 heterocycles. The van der Waals surface area contributed by atoms with Crippen LogP contribution in [0.15, 0.2) is 12.1 Å². The number of nitrogens with two attached hydrogens (primary N) is 1. The smallest absolute Gasteiger partial charge is 0.324 e. The van der Waals surface area contributed by atoms with Gasteiger partial charge in [0, 0.05) is 18.0 Å². The molecular weight excluding hydrogens is 248 g/mol. The van der Waals surface area contributed by atoms with Crippen LogP contribution in [0.4, 0.5) is 26.3 Å². The molecule has 96 valence electrons. The SMILES string of the molecule is N[C@H](CCC(F)(F)F)c1c(F)ccc(F)c1F. The summed E-state index contributed by atoms with van der Waals surface area (Å²) in [5, 5.41) is 0. The van der Waals surface area contributed by atoms with E-state index in [-0.39, 0.29) is 0 Å². The highest BCUT2D eigenvalue weighted by atomic mass is 19.4. The van der Waals surface area contributed by atoms with Gasteiger partial charge in [0.2, 0.25) is 0 Å². The van der Waals surface area contributed by atoms with Crippen molar-refractivity contribution in [2.45, 2.75) is 25.1 Å². The minimum atomic E-state index is -4.47. The van der Waals surface area contributed by atoms with Crippen molar-refractivity contribution in [2.24, 2.45) is 5.73 Å². The molecule has 1 rings (SSSR count). The summed E-state index contributed by atoms with van der Waals surface area (Å²) in [4.78, 5) is 0. The van der Waals surface area contributed by atoms with Gasteiger partial charge in [-0.2, -0.15) is 13.2 Å². The molecule has 7 heteroatoms. The molecule has 0 amide bonds. The summed E-state index contributed by atoms with van der Waals surface area (Å²) in [5.74, 6) is -4.04. The van der Waals surface area contributed by atoms with Crippen LogP contribution >= 0.6 is 0 Å². The Morgan fingerprint density at radius 3 is 2.12 bits per heavy atom. The first-order valence-electron chi connectivity index (χ1n) is 4.68. The van der Waals surface area contributed by atoms with Crippen LogP contribution in [0.3, 0.4) is 0 Å². The molecule has 1 aromatic carbocycles. The third-order valence-electron chi connectivity index (χ3n) is 2.19. The molecule has 0 spiro atoms. The topological polar surface area (TPSA) is 26.0 Å². The van der Waals surface area contributed by atoms with Crippen molar-refractivity contribution in [1.82, 2.24) is 0 Å². The van der Waals surface area contributed by atoms with Gasteiger partial charge in [-0.15, -0.1) is 0 Å². The number of halogens is 6. The van der Waals surface area contributed by atoms with E-state index in [1.807, 2.05) is 0 Å². The van der Waals surface area contributed by atoms with Gasteiger partial charge in [-0.25, -0.2) is 13.2 Å². The molecule has 0 unspecified atom stereocenters. The lowest BCUT2D eigenvalue weighted by Crippen LogP contribution is -2.18. The first-order chi connectivity index (χ1) is 7.72. The van der Waals surface area contributed by atoms with Gasteiger partial charge in [0.25, 0.3) is 0 Å². The van der Waals surface area contributed by atoms with Crippen molar-refractivity contribution in [1.29, 1.82) is 0 Å². The molecule has 0 aliphatic rings. The van der Waals surface area contributed by atoms with Crippen LogP contribution in [-0.4, -0.2) is 6.18 Å². The van der Waals surface area contributed by atoms with Crippen LogP contribution in [0.2, 0.25) is 0 Å². The van der Waals surface area contributed by atoms with Crippen LogP contribution in [0.5, 0.6) is 0 Å². The van der Waals surface area contributed by atoms with E-state index >= 15 is 0 Å². The van der Waals surface area contributed by atoms with Crippen molar-refractivity contribution in [3.05, 3.63) is 35.1 Å². The van der Waals surface area contributed by atoms with Crippen LogP contribution < -0.4 is 5.73 Å². The summed E-state index contributed by atoms with van der Waals surface area (Å²) in [7, 11) is 0. The van der Waals surface area contributed by atoms with E-state index in [0.717, 1.165) is 0 Å². The van der Waals surface area contributed by atoms with Gasteiger partial charge in [0.1, 0.15) is 5.82 Å². The van der Waals surface area contributed by atoms with E-state index in [4.69, 9.17) is 5.73 Å². The third-order valence-corrected chi connectivity index (χ3v) is 2.19. The molecule has 17 heavy (non-hydrogen) atoms.